The molecule has 2 rings (SSSR count). The monoisotopic (exact) mass is 287 g/mol. The van der Waals surface area contributed by atoms with Crippen LogP contribution in [0.1, 0.15) is 42.5 Å². The predicted molar refractivity (Wildman–Crippen MR) is 80.7 cm³/mol. The molecule has 21 heavy (non-hydrogen) atoms. The van der Waals surface area contributed by atoms with Gasteiger partial charge in [0.1, 0.15) is 0 Å². The van der Waals surface area contributed by atoms with Crippen LogP contribution >= 0.6 is 0 Å². The largest absolute Gasteiger partial charge is 0.351 e. The van der Waals surface area contributed by atoms with Crippen LogP contribution in [-0.2, 0) is 4.79 Å². The maximum absolute atomic E-state index is 11.7. The maximum atomic E-state index is 11.7. The van der Waals surface area contributed by atoms with Crippen LogP contribution in [0.3, 0.4) is 0 Å². The molecule has 0 spiro atoms. The highest BCUT2D eigenvalue weighted by Crippen LogP contribution is 2.22. The van der Waals surface area contributed by atoms with Crippen LogP contribution in [0.2, 0.25) is 0 Å². The van der Waals surface area contributed by atoms with Gasteiger partial charge in [0.05, 0.1) is 5.56 Å². The molecule has 0 saturated heterocycles. The third-order valence-electron chi connectivity index (χ3n) is 3.46. The zero-order valence-corrected chi connectivity index (χ0v) is 12.1. The molecule has 5 nitrogen and oxygen atoms in total. The summed E-state index contributed by atoms with van der Waals surface area (Å²) in [4.78, 5) is 27.3. The standard InChI is InChI=1S/C16H21N3O2/c20-15(11-13-5-2-1-3-6-13)18-9-10-19-16(21)14-7-4-8-17-12-14/h4,7-8,11-12H,1-3,5-6,9-10H2,(H,18,20)(H,19,21). The van der Waals surface area contributed by atoms with Crippen LogP contribution in [0, 0.1) is 0 Å². The highest BCUT2D eigenvalue weighted by molar-refractivity contribution is 5.93. The SMILES string of the molecule is O=C(C=C1CCCCC1)NCCNC(=O)c1cccnc1. The number of amides is 2. The van der Waals surface area contributed by atoms with Gasteiger partial charge in [-0.1, -0.05) is 12.0 Å². The van der Waals surface area contributed by atoms with E-state index in [1.807, 2.05) is 0 Å². The van der Waals surface area contributed by atoms with Crippen molar-refractivity contribution in [2.45, 2.75) is 32.1 Å². The Hall–Kier alpha value is -2.17. The van der Waals surface area contributed by atoms with Crippen molar-refractivity contribution in [3.05, 3.63) is 41.7 Å². The van der Waals surface area contributed by atoms with E-state index in [9.17, 15) is 9.59 Å². The minimum Gasteiger partial charge on any atom is -0.351 e. The molecule has 1 aliphatic rings. The van der Waals surface area contributed by atoms with E-state index in [2.05, 4.69) is 15.6 Å². The molecule has 1 aromatic rings. The summed E-state index contributed by atoms with van der Waals surface area (Å²) in [5, 5.41) is 5.53. The number of hydrogen-bond donors (Lipinski definition) is 2. The fourth-order valence-corrected chi connectivity index (χ4v) is 2.35. The zero-order valence-electron chi connectivity index (χ0n) is 12.1. The molecule has 0 radical (unpaired) electrons. The Balaban J connectivity index is 1.65. The van der Waals surface area contributed by atoms with Gasteiger partial charge >= 0.3 is 0 Å². The van der Waals surface area contributed by atoms with Gasteiger partial charge < -0.3 is 10.6 Å². The molecule has 0 aliphatic heterocycles. The molecule has 5 heteroatoms. The third kappa shape index (κ3) is 5.38. The Labute approximate surface area is 124 Å². The van der Waals surface area contributed by atoms with Crippen LogP contribution in [0.5, 0.6) is 0 Å². The smallest absolute Gasteiger partial charge is 0.252 e. The summed E-state index contributed by atoms with van der Waals surface area (Å²) in [5.74, 6) is -0.245. The van der Waals surface area contributed by atoms with E-state index in [0.717, 1.165) is 12.8 Å². The summed E-state index contributed by atoms with van der Waals surface area (Å²) in [7, 11) is 0. The van der Waals surface area contributed by atoms with E-state index >= 15 is 0 Å². The average Bonchev–Trinajstić information content (AvgIpc) is 2.53. The average molecular weight is 287 g/mol. The number of pyridine rings is 1. The first kappa shape index (κ1) is 15.2. The van der Waals surface area contributed by atoms with Gasteiger partial charge in [0.15, 0.2) is 0 Å². The van der Waals surface area contributed by atoms with E-state index in [1.54, 1.807) is 24.4 Å². The van der Waals surface area contributed by atoms with Crippen molar-refractivity contribution in [3.63, 3.8) is 0 Å². The summed E-state index contributed by atoms with van der Waals surface area (Å²) in [5.41, 5.74) is 1.76. The van der Waals surface area contributed by atoms with Crippen LogP contribution in [0.25, 0.3) is 0 Å². The summed E-state index contributed by atoms with van der Waals surface area (Å²) in [6, 6.07) is 3.42. The first-order chi connectivity index (χ1) is 10.3. The van der Waals surface area contributed by atoms with Gasteiger partial charge in [0.2, 0.25) is 5.91 Å². The van der Waals surface area contributed by atoms with Crippen molar-refractivity contribution >= 4 is 11.8 Å². The van der Waals surface area contributed by atoms with E-state index in [4.69, 9.17) is 0 Å². The molecule has 1 saturated carbocycles. The Kier molecular flexibility index (Phi) is 5.94. The Bertz CT molecular complexity index is 504. The normalized spacial score (nSPS) is 14.4. The second-order valence-electron chi connectivity index (χ2n) is 5.15. The quantitative estimate of drug-likeness (QED) is 0.641. The Morgan fingerprint density at radius 2 is 1.90 bits per heavy atom. The Morgan fingerprint density at radius 1 is 1.14 bits per heavy atom. The molecule has 0 atom stereocenters. The first-order valence-electron chi connectivity index (χ1n) is 7.41. The molecule has 112 valence electrons. The van der Waals surface area contributed by atoms with Crippen molar-refractivity contribution in [2.24, 2.45) is 0 Å². The molecule has 2 amide bonds. The first-order valence-corrected chi connectivity index (χ1v) is 7.41. The zero-order chi connectivity index (χ0) is 14.9. The van der Waals surface area contributed by atoms with Crippen LogP contribution in [0.15, 0.2) is 36.2 Å². The van der Waals surface area contributed by atoms with Crippen LogP contribution in [0.4, 0.5) is 0 Å². The molecular formula is C16H21N3O2. The number of aromatic nitrogens is 1. The summed E-state index contributed by atoms with van der Waals surface area (Å²) < 4.78 is 0. The maximum Gasteiger partial charge on any atom is 0.252 e. The molecule has 0 unspecified atom stereocenters. The minimum absolute atomic E-state index is 0.0671. The Morgan fingerprint density at radius 3 is 2.62 bits per heavy atom. The summed E-state index contributed by atoms with van der Waals surface area (Å²) in [6.45, 7) is 0.831. The lowest BCUT2D eigenvalue weighted by molar-refractivity contribution is -0.116. The molecular weight excluding hydrogens is 266 g/mol. The van der Waals surface area contributed by atoms with Gasteiger partial charge in [-0.25, -0.2) is 0 Å². The highest BCUT2D eigenvalue weighted by Gasteiger charge is 2.07. The molecule has 1 fully saturated rings. The number of nitrogens with one attached hydrogen (secondary N) is 2. The van der Waals surface area contributed by atoms with E-state index in [0.29, 0.717) is 18.7 Å². The molecule has 1 aliphatic carbocycles. The van der Waals surface area contributed by atoms with Gasteiger partial charge in [-0.05, 0) is 37.8 Å². The fourth-order valence-electron chi connectivity index (χ4n) is 2.35. The molecule has 1 aromatic heterocycles. The lowest BCUT2D eigenvalue weighted by atomic mass is 9.95. The van der Waals surface area contributed by atoms with Gasteiger partial charge in [0.25, 0.3) is 5.91 Å². The van der Waals surface area contributed by atoms with E-state index in [-0.39, 0.29) is 11.8 Å². The van der Waals surface area contributed by atoms with E-state index in [1.165, 1.54) is 31.0 Å². The van der Waals surface area contributed by atoms with Crippen LogP contribution in [-0.4, -0.2) is 29.9 Å². The van der Waals surface area contributed by atoms with Gasteiger partial charge in [-0.2, -0.15) is 0 Å². The number of rotatable bonds is 5. The summed E-state index contributed by atoms with van der Waals surface area (Å²) >= 11 is 0. The van der Waals surface area contributed by atoms with Gasteiger partial charge in [0, 0.05) is 31.6 Å². The van der Waals surface area contributed by atoms with Gasteiger partial charge in [-0.3, -0.25) is 14.6 Å². The van der Waals surface area contributed by atoms with Gasteiger partial charge in [-0.15, -0.1) is 0 Å². The van der Waals surface area contributed by atoms with Crippen molar-refractivity contribution in [3.8, 4) is 0 Å². The second-order valence-corrected chi connectivity index (χ2v) is 5.15. The third-order valence-corrected chi connectivity index (χ3v) is 3.46. The van der Waals surface area contributed by atoms with Crippen molar-refractivity contribution in [1.29, 1.82) is 0 Å². The van der Waals surface area contributed by atoms with Crippen molar-refractivity contribution in [2.75, 3.05) is 13.1 Å². The number of carbonyl (C=O) groups is 2. The molecule has 0 aromatic carbocycles. The minimum atomic E-state index is -0.178. The predicted octanol–water partition coefficient (Wildman–Crippen LogP) is 1.82. The second kappa shape index (κ2) is 8.19. The fraction of sp³-hybridized carbons (Fsp3) is 0.438. The summed E-state index contributed by atoms with van der Waals surface area (Å²) in [6.07, 6.45) is 10.5. The van der Waals surface area contributed by atoms with E-state index < -0.39 is 0 Å². The molecule has 0 bridgehead atoms. The lowest BCUT2D eigenvalue weighted by Gasteiger charge is -2.13. The van der Waals surface area contributed by atoms with Crippen molar-refractivity contribution < 1.29 is 9.59 Å². The lowest BCUT2D eigenvalue weighted by Crippen LogP contribution is -2.34. The number of allylic oxidation sites excluding steroid dienone is 1. The number of carbonyl (C=O) groups excluding carboxylic acids is 2. The van der Waals surface area contributed by atoms with Crippen molar-refractivity contribution in [1.82, 2.24) is 15.6 Å². The number of nitrogens with zero attached hydrogens (tertiary/aromatic N) is 1. The molecule has 1 heterocycles. The number of hydrogen-bond acceptors (Lipinski definition) is 3. The topological polar surface area (TPSA) is 71.1 Å². The highest BCUT2D eigenvalue weighted by atomic mass is 16.2. The molecule has 2 N–H and O–H groups in total. The van der Waals surface area contributed by atoms with Crippen LogP contribution < -0.4 is 10.6 Å².